The highest BCUT2D eigenvalue weighted by molar-refractivity contribution is 9.09. The van der Waals surface area contributed by atoms with Crippen LogP contribution in [0.3, 0.4) is 0 Å². The van der Waals surface area contributed by atoms with Gasteiger partial charge in [0, 0.05) is 44.4 Å². The smallest absolute Gasteiger partial charge is 0.223 e. The summed E-state index contributed by atoms with van der Waals surface area (Å²) in [5.41, 5.74) is 0. The number of rotatable bonds is 4. The molecular formula is C11H19BrN2O2. The Morgan fingerprint density at radius 3 is 1.81 bits per heavy atom. The molecule has 0 aromatic heterocycles. The van der Waals surface area contributed by atoms with Crippen LogP contribution in [0, 0.1) is 0 Å². The molecule has 4 nitrogen and oxygen atoms in total. The molecule has 5 heteroatoms. The average Bonchev–Trinajstić information content (AvgIpc) is 2.30. The highest BCUT2D eigenvalue weighted by Crippen LogP contribution is 2.07. The van der Waals surface area contributed by atoms with Crippen LogP contribution in [0.5, 0.6) is 0 Å². The number of hydrogen-bond acceptors (Lipinski definition) is 2. The summed E-state index contributed by atoms with van der Waals surface area (Å²) in [4.78, 5) is 26.9. The maximum Gasteiger partial charge on any atom is 0.223 e. The number of amides is 2. The van der Waals surface area contributed by atoms with Crippen molar-refractivity contribution in [2.75, 3.05) is 31.5 Å². The first-order valence-electron chi connectivity index (χ1n) is 5.80. The Bertz CT molecular complexity index is 224. The van der Waals surface area contributed by atoms with E-state index in [0.717, 1.165) is 6.42 Å². The molecule has 92 valence electrons. The van der Waals surface area contributed by atoms with Gasteiger partial charge in [-0.3, -0.25) is 9.59 Å². The van der Waals surface area contributed by atoms with Gasteiger partial charge >= 0.3 is 0 Å². The van der Waals surface area contributed by atoms with Crippen LogP contribution in [0.25, 0.3) is 0 Å². The van der Waals surface area contributed by atoms with Crippen LogP contribution in [0.2, 0.25) is 0 Å². The highest BCUT2D eigenvalue weighted by atomic mass is 79.9. The summed E-state index contributed by atoms with van der Waals surface area (Å²) in [5.74, 6) is 0.398. The van der Waals surface area contributed by atoms with Gasteiger partial charge in [-0.2, -0.15) is 0 Å². The van der Waals surface area contributed by atoms with E-state index in [0.29, 0.717) is 44.4 Å². The second-order valence-corrected chi connectivity index (χ2v) is 4.74. The van der Waals surface area contributed by atoms with Crippen molar-refractivity contribution < 1.29 is 9.59 Å². The summed E-state index contributed by atoms with van der Waals surface area (Å²) in [6.45, 7) is 4.75. The summed E-state index contributed by atoms with van der Waals surface area (Å²) in [5, 5.41) is 0.709. The molecule has 0 aromatic rings. The van der Waals surface area contributed by atoms with Crippen molar-refractivity contribution in [3.05, 3.63) is 0 Å². The molecule has 1 aliphatic rings. The van der Waals surface area contributed by atoms with E-state index >= 15 is 0 Å². The van der Waals surface area contributed by atoms with E-state index < -0.39 is 0 Å². The summed E-state index contributed by atoms with van der Waals surface area (Å²) in [7, 11) is 0. The van der Waals surface area contributed by atoms with Gasteiger partial charge in [0.05, 0.1) is 0 Å². The zero-order valence-corrected chi connectivity index (χ0v) is 11.3. The van der Waals surface area contributed by atoms with Crippen molar-refractivity contribution in [3.8, 4) is 0 Å². The van der Waals surface area contributed by atoms with Crippen LogP contribution in [-0.2, 0) is 9.59 Å². The molecule has 0 unspecified atom stereocenters. The van der Waals surface area contributed by atoms with E-state index in [9.17, 15) is 9.59 Å². The predicted octanol–water partition coefficient (Wildman–Crippen LogP) is 1.24. The minimum Gasteiger partial charge on any atom is -0.339 e. The molecule has 0 atom stereocenters. The number of piperazine rings is 1. The second kappa shape index (κ2) is 6.89. The van der Waals surface area contributed by atoms with Gasteiger partial charge in [-0.05, 0) is 6.42 Å². The van der Waals surface area contributed by atoms with E-state index in [2.05, 4.69) is 15.9 Å². The first-order valence-corrected chi connectivity index (χ1v) is 6.92. The Labute approximate surface area is 105 Å². The van der Waals surface area contributed by atoms with E-state index in [1.54, 1.807) is 0 Å². The van der Waals surface area contributed by atoms with Gasteiger partial charge in [-0.25, -0.2) is 0 Å². The molecule has 0 aliphatic carbocycles. The molecule has 1 aliphatic heterocycles. The first-order chi connectivity index (χ1) is 7.69. The molecule has 0 N–H and O–H groups in total. The topological polar surface area (TPSA) is 40.6 Å². The first kappa shape index (κ1) is 13.5. The zero-order chi connectivity index (χ0) is 12.0. The third kappa shape index (κ3) is 3.77. The SMILES string of the molecule is CCCC(=O)N1CCN(C(=O)CCBr)CC1. The Hall–Kier alpha value is -0.580. The van der Waals surface area contributed by atoms with Gasteiger partial charge in [0.15, 0.2) is 0 Å². The quantitative estimate of drug-likeness (QED) is 0.731. The van der Waals surface area contributed by atoms with E-state index in [1.165, 1.54) is 0 Å². The monoisotopic (exact) mass is 290 g/mol. The predicted molar refractivity (Wildman–Crippen MR) is 66.5 cm³/mol. The van der Waals surface area contributed by atoms with Crippen molar-refractivity contribution in [2.24, 2.45) is 0 Å². The minimum absolute atomic E-state index is 0.180. The highest BCUT2D eigenvalue weighted by Gasteiger charge is 2.22. The lowest BCUT2D eigenvalue weighted by Gasteiger charge is -2.34. The fourth-order valence-electron chi connectivity index (χ4n) is 1.82. The Morgan fingerprint density at radius 1 is 1.00 bits per heavy atom. The molecule has 1 heterocycles. The summed E-state index contributed by atoms with van der Waals surface area (Å²) in [6.07, 6.45) is 2.06. The van der Waals surface area contributed by atoms with Gasteiger partial charge in [-0.15, -0.1) is 0 Å². The maximum absolute atomic E-state index is 11.6. The van der Waals surface area contributed by atoms with Crippen LogP contribution < -0.4 is 0 Å². The third-order valence-corrected chi connectivity index (χ3v) is 3.15. The number of alkyl halides is 1. The van der Waals surface area contributed by atoms with Crippen molar-refractivity contribution in [2.45, 2.75) is 26.2 Å². The van der Waals surface area contributed by atoms with Gasteiger partial charge in [0.2, 0.25) is 11.8 Å². The molecule has 0 aromatic carbocycles. The zero-order valence-electron chi connectivity index (χ0n) is 9.75. The molecule has 0 spiro atoms. The lowest BCUT2D eigenvalue weighted by atomic mass is 10.2. The van der Waals surface area contributed by atoms with Crippen LogP contribution in [0.15, 0.2) is 0 Å². The number of nitrogens with zero attached hydrogens (tertiary/aromatic N) is 2. The number of carbonyl (C=O) groups excluding carboxylic acids is 2. The van der Waals surface area contributed by atoms with Crippen LogP contribution in [0.4, 0.5) is 0 Å². The molecule has 2 amide bonds. The number of carbonyl (C=O) groups is 2. The van der Waals surface area contributed by atoms with Gasteiger partial charge in [0.25, 0.3) is 0 Å². The van der Waals surface area contributed by atoms with E-state index in [-0.39, 0.29) is 11.8 Å². The van der Waals surface area contributed by atoms with Crippen molar-refractivity contribution >= 4 is 27.7 Å². The molecule has 1 rings (SSSR count). The summed E-state index contributed by atoms with van der Waals surface area (Å²) >= 11 is 3.26. The maximum atomic E-state index is 11.6. The molecule has 1 fully saturated rings. The van der Waals surface area contributed by atoms with Crippen LogP contribution in [0.1, 0.15) is 26.2 Å². The van der Waals surface area contributed by atoms with Gasteiger partial charge in [0.1, 0.15) is 0 Å². The Balaban J connectivity index is 2.33. The van der Waals surface area contributed by atoms with Crippen LogP contribution in [-0.4, -0.2) is 53.1 Å². The standard InChI is InChI=1S/C11H19BrN2O2/c1-2-3-10(15)13-6-8-14(9-7-13)11(16)4-5-12/h2-9H2,1H3. The van der Waals surface area contributed by atoms with Crippen LogP contribution >= 0.6 is 15.9 Å². The average molecular weight is 291 g/mol. The number of halogens is 1. The largest absolute Gasteiger partial charge is 0.339 e. The third-order valence-electron chi connectivity index (χ3n) is 2.76. The fourth-order valence-corrected chi connectivity index (χ4v) is 2.16. The normalized spacial score (nSPS) is 16.4. The van der Waals surface area contributed by atoms with Crippen molar-refractivity contribution in [1.82, 2.24) is 9.80 Å². The minimum atomic E-state index is 0.180. The molecule has 0 bridgehead atoms. The summed E-state index contributed by atoms with van der Waals surface area (Å²) < 4.78 is 0. The molecule has 16 heavy (non-hydrogen) atoms. The molecule has 1 saturated heterocycles. The van der Waals surface area contributed by atoms with Crippen molar-refractivity contribution in [3.63, 3.8) is 0 Å². The molecule has 0 saturated carbocycles. The Morgan fingerprint density at radius 2 is 1.44 bits per heavy atom. The van der Waals surface area contributed by atoms with Gasteiger partial charge in [-0.1, -0.05) is 22.9 Å². The number of hydrogen-bond donors (Lipinski definition) is 0. The fraction of sp³-hybridized carbons (Fsp3) is 0.818. The van der Waals surface area contributed by atoms with E-state index in [4.69, 9.17) is 0 Å². The molecule has 0 radical (unpaired) electrons. The van der Waals surface area contributed by atoms with E-state index in [1.807, 2.05) is 16.7 Å². The van der Waals surface area contributed by atoms with Gasteiger partial charge < -0.3 is 9.80 Å². The lowest BCUT2D eigenvalue weighted by molar-refractivity contribution is -0.139. The van der Waals surface area contributed by atoms with Crippen molar-refractivity contribution in [1.29, 1.82) is 0 Å². The second-order valence-electron chi connectivity index (χ2n) is 3.95. The molecular weight excluding hydrogens is 272 g/mol. The Kier molecular flexibility index (Phi) is 5.80. The lowest BCUT2D eigenvalue weighted by Crippen LogP contribution is -2.50. The summed E-state index contributed by atoms with van der Waals surface area (Å²) in [6, 6.07) is 0.